The van der Waals surface area contributed by atoms with Crippen LogP contribution < -0.4 is 11.2 Å². The van der Waals surface area contributed by atoms with Crippen molar-refractivity contribution in [3.05, 3.63) is 32.3 Å². The average molecular weight is 253 g/mol. The molecular weight excluding hydrogens is 238 g/mol. The lowest BCUT2D eigenvalue weighted by molar-refractivity contribution is 0.380. The van der Waals surface area contributed by atoms with Crippen molar-refractivity contribution >= 4 is 21.6 Å². The zero-order chi connectivity index (χ0) is 12.6. The minimum absolute atomic E-state index is 0.207. The summed E-state index contributed by atoms with van der Waals surface area (Å²) in [4.78, 5) is 25.9. The molecule has 0 unspecified atom stereocenters. The van der Waals surface area contributed by atoms with Gasteiger partial charge in [0.2, 0.25) is 0 Å². The normalized spacial score (nSPS) is 11.5. The maximum atomic E-state index is 12.0. The molecule has 2 rings (SSSR count). The molecule has 2 heterocycles. The molecule has 0 aliphatic carbocycles. The third-order valence-corrected chi connectivity index (χ3v) is 3.61. The number of rotatable bonds is 3. The SMILES string of the molecule is CN(C)CCn1c(=O)n(C)c(=O)c2sccc21. The molecule has 6 heteroatoms. The minimum atomic E-state index is -0.247. The third-order valence-electron chi connectivity index (χ3n) is 2.72. The van der Waals surface area contributed by atoms with Crippen molar-refractivity contribution in [1.82, 2.24) is 14.0 Å². The van der Waals surface area contributed by atoms with Crippen molar-refractivity contribution in [2.75, 3.05) is 20.6 Å². The van der Waals surface area contributed by atoms with Gasteiger partial charge in [-0.1, -0.05) is 0 Å². The van der Waals surface area contributed by atoms with Crippen molar-refractivity contribution in [3.63, 3.8) is 0 Å². The second kappa shape index (κ2) is 4.46. The number of thiophene rings is 1. The predicted molar refractivity (Wildman–Crippen MR) is 69.9 cm³/mol. The van der Waals surface area contributed by atoms with Gasteiger partial charge in [-0.3, -0.25) is 13.9 Å². The molecule has 0 aliphatic rings. The number of fused-ring (bicyclic) bond motifs is 1. The zero-order valence-electron chi connectivity index (χ0n) is 10.1. The molecule has 0 aliphatic heterocycles. The van der Waals surface area contributed by atoms with Crippen molar-refractivity contribution in [1.29, 1.82) is 0 Å². The Morgan fingerprint density at radius 3 is 2.71 bits per heavy atom. The number of aromatic nitrogens is 2. The summed E-state index contributed by atoms with van der Waals surface area (Å²) in [5, 5.41) is 1.84. The van der Waals surface area contributed by atoms with E-state index in [2.05, 4.69) is 0 Å². The molecule has 0 fully saturated rings. The highest BCUT2D eigenvalue weighted by Gasteiger charge is 2.11. The lowest BCUT2D eigenvalue weighted by Gasteiger charge is -2.13. The fraction of sp³-hybridized carbons (Fsp3) is 0.455. The van der Waals surface area contributed by atoms with E-state index in [0.29, 0.717) is 11.2 Å². The first-order chi connectivity index (χ1) is 8.02. The van der Waals surface area contributed by atoms with Gasteiger partial charge >= 0.3 is 5.69 Å². The summed E-state index contributed by atoms with van der Waals surface area (Å²) in [6.07, 6.45) is 0. The van der Waals surface area contributed by atoms with Crippen LogP contribution in [0, 0.1) is 0 Å². The Hall–Kier alpha value is -1.40. The van der Waals surface area contributed by atoms with Crippen LogP contribution in [0.4, 0.5) is 0 Å². The second-order valence-corrected chi connectivity index (χ2v) is 5.15. The van der Waals surface area contributed by atoms with E-state index in [1.54, 1.807) is 4.57 Å². The van der Waals surface area contributed by atoms with Gasteiger partial charge in [0.05, 0.1) is 5.52 Å². The zero-order valence-corrected chi connectivity index (χ0v) is 11.0. The van der Waals surface area contributed by atoms with Crippen LogP contribution in [0.25, 0.3) is 10.2 Å². The van der Waals surface area contributed by atoms with Gasteiger partial charge in [-0.05, 0) is 25.5 Å². The lowest BCUT2D eigenvalue weighted by Crippen LogP contribution is -2.39. The molecule has 0 aromatic carbocycles. The van der Waals surface area contributed by atoms with Crippen LogP contribution in [0.3, 0.4) is 0 Å². The Balaban J connectivity index is 2.65. The molecule has 0 saturated heterocycles. The van der Waals surface area contributed by atoms with E-state index in [-0.39, 0.29) is 11.2 Å². The van der Waals surface area contributed by atoms with E-state index in [4.69, 9.17) is 0 Å². The van der Waals surface area contributed by atoms with E-state index in [1.807, 2.05) is 30.4 Å². The van der Waals surface area contributed by atoms with Crippen LogP contribution in [-0.2, 0) is 13.6 Å². The molecule has 0 radical (unpaired) electrons. The maximum absolute atomic E-state index is 12.0. The summed E-state index contributed by atoms with van der Waals surface area (Å²) in [5.41, 5.74) is 0.286. The molecule has 0 amide bonds. The van der Waals surface area contributed by atoms with E-state index in [0.717, 1.165) is 12.1 Å². The molecule has 92 valence electrons. The Morgan fingerprint density at radius 2 is 2.06 bits per heavy atom. The van der Waals surface area contributed by atoms with E-state index < -0.39 is 0 Å². The molecule has 17 heavy (non-hydrogen) atoms. The standard InChI is InChI=1S/C11H15N3O2S/c1-12(2)5-6-14-8-4-7-17-9(8)10(15)13(3)11(14)16/h4,7H,5-6H2,1-3H3. The van der Waals surface area contributed by atoms with Crippen LogP contribution in [-0.4, -0.2) is 34.7 Å². The smallest absolute Gasteiger partial charge is 0.308 e. The van der Waals surface area contributed by atoms with Crippen LogP contribution in [0.1, 0.15) is 0 Å². The largest absolute Gasteiger partial charge is 0.331 e. The van der Waals surface area contributed by atoms with Gasteiger partial charge in [0.15, 0.2) is 0 Å². The lowest BCUT2D eigenvalue weighted by atomic mass is 10.4. The number of hydrogen-bond donors (Lipinski definition) is 0. The Bertz CT molecular complexity index is 651. The molecule has 0 atom stereocenters. The van der Waals surface area contributed by atoms with Gasteiger partial charge in [-0.2, -0.15) is 0 Å². The van der Waals surface area contributed by atoms with Crippen molar-refractivity contribution < 1.29 is 0 Å². The molecular formula is C11H15N3O2S. The quantitative estimate of drug-likeness (QED) is 0.791. The van der Waals surface area contributed by atoms with E-state index in [9.17, 15) is 9.59 Å². The Labute approximate surface area is 103 Å². The number of likely N-dealkylation sites (N-methyl/N-ethyl adjacent to an activating group) is 1. The molecule has 0 bridgehead atoms. The Kier molecular flexibility index (Phi) is 3.17. The summed E-state index contributed by atoms with van der Waals surface area (Å²) in [5.74, 6) is 0. The molecule has 0 N–H and O–H groups in total. The average Bonchev–Trinajstić information content (AvgIpc) is 2.74. The third kappa shape index (κ3) is 2.05. The first kappa shape index (κ1) is 12.1. The van der Waals surface area contributed by atoms with Crippen LogP contribution in [0.5, 0.6) is 0 Å². The number of nitrogens with zero attached hydrogens (tertiary/aromatic N) is 3. The summed E-state index contributed by atoms with van der Waals surface area (Å²) >= 11 is 1.38. The first-order valence-corrected chi connectivity index (χ1v) is 6.22. The minimum Gasteiger partial charge on any atom is -0.308 e. The highest BCUT2D eigenvalue weighted by atomic mass is 32.1. The highest BCUT2D eigenvalue weighted by Crippen LogP contribution is 2.14. The van der Waals surface area contributed by atoms with Crippen LogP contribution in [0.2, 0.25) is 0 Å². The van der Waals surface area contributed by atoms with Crippen LogP contribution in [0.15, 0.2) is 21.0 Å². The topological polar surface area (TPSA) is 47.2 Å². The summed E-state index contributed by atoms with van der Waals surface area (Å²) in [6.45, 7) is 1.36. The number of hydrogen-bond acceptors (Lipinski definition) is 4. The molecule has 5 nitrogen and oxygen atoms in total. The second-order valence-electron chi connectivity index (χ2n) is 4.24. The van der Waals surface area contributed by atoms with Crippen LogP contribution >= 0.6 is 11.3 Å². The predicted octanol–water partition coefficient (Wildman–Crippen LogP) is 0.323. The molecule has 0 spiro atoms. The van der Waals surface area contributed by atoms with Gasteiger partial charge in [-0.15, -0.1) is 11.3 Å². The fourth-order valence-electron chi connectivity index (χ4n) is 1.71. The summed E-state index contributed by atoms with van der Waals surface area (Å²) in [6, 6.07) is 1.83. The van der Waals surface area contributed by atoms with Crippen molar-refractivity contribution in [2.24, 2.45) is 7.05 Å². The van der Waals surface area contributed by atoms with E-state index in [1.165, 1.54) is 23.0 Å². The van der Waals surface area contributed by atoms with Crippen molar-refractivity contribution in [3.8, 4) is 0 Å². The molecule has 2 aromatic heterocycles. The molecule has 2 aromatic rings. The highest BCUT2D eigenvalue weighted by molar-refractivity contribution is 7.17. The van der Waals surface area contributed by atoms with E-state index >= 15 is 0 Å². The maximum Gasteiger partial charge on any atom is 0.331 e. The fourth-order valence-corrected chi connectivity index (χ4v) is 2.58. The summed E-state index contributed by atoms with van der Waals surface area (Å²) < 4.78 is 3.48. The Morgan fingerprint density at radius 1 is 1.35 bits per heavy atom. The van der Waals surface area contributed by atoms with Gasteiger partial charge in [0.1, 0.15) is 4.70 Å². The van der Waals surface area contributed by atoms with Gasteiger partial charge in [-0.25, -0.2) is 4.79 Å². The van der Waals surface area contributed by atoms with Crippen molar-refractivity contribution in [2.45, 2.75) is 6.54 Å². The van der Waals surface area contributed by atoms with Gasteiger partial charge < -0.3 is 4.90 Å². The van der Waals surface area contributed by atoms with Gasteiger partial charge in [0, 0.05) is 20.1 Å². The monoisotopic (exact) mass is 253 g/mol. The molecule has 0 saturated carbocycles. The van der Waals surface area contributed by atoms with Gasteiger partial charge in [0.25, 0.3) is 5.56 Å². The first-order valence-electron chi connectivity index (χ1n) is 5.34. The summed E-state index contributed by atoms with van der Waals surface area (Å²) in [7, 11) is 5.44.